The second-order valence-corrected chi connectivity index (χ2v) is 3.83. The Bertz CT molecular complexity index is 344. The number of H-pyrrole nitrogens is 1. The number of carbonyl (C=O) groups excluding carboxylic acids is 1. The third-order valence-corrected chi connectivity index (χ3v) is 2.80. The molecule has 0 spiro atoms. The van der Waals surface area contributed by atoms with Gasteiger partial charge in [-0.1, -0.05) is 0 Å². The molecule has 0 bridgehead atoms. The van der Waals surface area contributed by atoms with E-state index in [2.05, 4.69) is 20.8 Å². The van der Waals surface area contributed by atoms with Gasteiger partial charge in [-0.3, -0.25) is 9.89 Å². The molecule has 1 aliphatic heterocycles. The van der Waals surface area contributed by atoms with Gasteiger partial charge < -0.3 is 15.4 Å². The molecule has 1 aromatic rings. The number of carbonyl (C=O) groups is 1. The lowest BCUT2D eigenvalue weighted by Crippen LogP contribution is -2.54. The number of hydrogen-bond donors (Lipinski definition) is 3. The third kappa shape index (κ3) is 3.42. The predicted octanol–water partition coefficient (Wildman–Crippen LogP) is -0.0618. The van der Waals surface area contributed by atoms with Gasteiger partial charge in [-0.2, -0.15) is 5.10 Å². The van der Waals surface area contributed by atoms with Crippen LogP contribution in [0.3, 0.4) is 0 Å². The Hall–Kier alpha value is -1.11. The minimum Gasteiger partial charge on any atom is -0.379 e. The van der Waals surface area contributed by atoms with Crippen LogP contribution < -0.4 is 10.6 Å². The Morgan fingerprint density at radius 1 is 1.65 bits per heavy atom. The van der Waals surface area contributed by atoms with Crippen molar-refractivity contribution in [2.75, 3.05) is 20.2 Å². The molecule has 2 rings (SSSR count). The number of methoxy groups -OCH3 is 1. The molecular formula is C10H17ClN4O2. The molecule has 1 amide bonds. The van der Waals surface area contributed by atoms with Gasteiger partial charge in [0, 0.05) is 19.9 Å². The lowest BCUT2D eigenvalue weighted by Gasteiger charge is -2.31. The van der Waals surface area contributed by atoms with Crippen molar-refractivity contribution < 1.29 is 9.53 Å². The van der Waals surface area contributed by atoms with Crippen molar-refractivity contribution in [3.05, 3.63) is 18.0 Å². The van der Waals surface area contributed by atoms with Gasteiger partial charge in [0.15, 0.2) is 0 Å². The Balaban J connectivity index is 0.00000144. The second-order valence-electron chi connectivity index (χ2n) is 3.83. The fourth-order valence-corrected chi connectivity index (χ4v) is 1.89. The molecule has 2 atom stereocenters. The van der Waals surface area contributed by atoms with Gasteiger partial charge in [-0.25, -0.2) is 0 Å². The van der Waals surface area contributed by atoms with Crippen LogP contribution in [0.25, 0.3) is 0 Å². The van der Waals surface area contributed by atoms with E-state index in [1.165, 1.54) is 6.20 Å². The number of aromatic nitrogens is 2. The molecule has 1 aromatic heterocycles. The molecule has 96 valence electrons. The summed E-state index contributed by atoms with van der Waals surface area (Å²) in [6, 6.07) is 0.0150. The molecule has 0 radical (unpaired) electrons. The first-order chi connectivity index (χ1) is 7.81. The summed E-state index contributed by atoms with van der Waals surface area (Å²) in [6.45, 7) is 1.67. The van der Waals surface area contributed by atoms with Crippen molar-refractivity contribution in [2.45, 2.75) is 18.6 Å². The Labute approximate surface area is 106 Å². The van der Waals surface area contributed by atoms with Crippen LogP contribution in [0.2, 0.25) is 0 Å². The standard InChI is InChI=1S/C10H16N4O2.ClH/c1-16-9-2-3-11-6-8(9)14-10(15)7-4-12-13-5-7;/h4-5,8-9,11H,2-3,6H2,1H3,(H,12,13)(H,14,15);1H/t8-,9+;/m0./s1. The van der Waals surface area contributed by atoms with Crippen LogP contribution in [0.4, 0.5) is 0 Å². The lowest BCUT2D eigenvalue weighted by atomic mass is 10.0. The number of halogens is 1. The second kappa shape index (κ2) is 6.58. The molecule has 0 aromatic carbocycles. The molecule has 2 heterocycles. The van der Waals surface area contributed by atoms with Crippen molar-refractivity contribution >= 4 is 18.3 Å². The number of hydrogen-bond acceptors (Lipinski definition) is 4. The van der Waals surface area contributed by atoms with Crippen LogP contribution in [0.15, 0.2) is 12.4 Å². The highest BCUT2D eigenvalue weighted by atomic mass is 35.5. The van der Waals surface area contributed by atoms with Crippen LogP contribution >= 0.6 is 12.4 Å². The fourth-order valence-electron chi connectivity index (χ4n) is 1.89. The van der Waals surface area contributed by atoms with Crippen LogP contribution in [-0.2, 0) is 4.74 Å². The van der Waals surface area contributed by atoms with Gasteiger partial charge >= 0.3 is 0 Å². The van der Waals surface area contributed by atoms with E-state index in [0.717, 1.165) is 19.5 Å². The number of amides is 1. The smallest absolute Gasteiger partial charge is 0.254 e. The number of ether oxygens (including phenoxy) is 1. The molecule has 0 unspecified atom stereocenters. The maximum absolute atomic E-state index is 11.8. The van der Waals surface area contributed by atoms with E-state index in [1.807, 2.05) is 0 Å². The summed E-state index contributed by atoms with van der Waals surface area (Å²) in [5, 5.41) is 12.5. The van der Waals surface area contributed by atoms with Gasteiger partial charge in [0.25, 0.3) is 5.91 Å². The van der Waals surface area contributed by atoms with E-state index in [9.17, 15) is 4.79 Å². The summed E-state index contributed by atoms with van der Waals surface area (Å²) in [7, 11) is 1.67. The van der Waals surface area contributed by atoms with Crippen LogP contribution in [0, 0.1) is 0 Å². The Morgan fingerprint density at radius 2 is 2.47 bits per heavy atom. The minimum absolute atomic E-state index is 0. The van der Waals surface area contributed by atoms with E-state index >= 15 is 0 Å². The molecule has 0 aliphatic carbocycles. The normalized spacial score (nSPS) is 23.8. The number of nitrogens with one attached hydrogen (secondary N) is 3. The van der Waals surface area contributed by atoms with Crippen molar-refractivity contribution in [2.24, 2.45) is 0 Å². The summed E-state index contributed by atoms with van der Waals surface area (Å²) in [5.74, 6) is -0.121. The van der Waals surface area contributed by atoms with E-state index in [0.29, 0.717) is 5.56 Å². The summed E-state index contributed by atoms with van der Waals surface area (Å²) in [6.07, 6.45) is 4.07. The molecule has 6 nitrogen and oxygen atoms in total. The van der Waals surface area contributed by atoms with Gasteiger partial charge in [0.2, 0.25) is 0 Å². The maximum Gasteiger partial charge on any atom is 0.254 e. The summed E-state index contributed by atoms with van der Waals surface area (Å²) in [5.41, 5.74) is 0.542. The topological polar surface area (TPSA) is 79.0 Å². The number of rotatable bonds is 3. The Morgan fingerprint density at radius 3 is 3.12 bits per heavy atom. The van der Waals surface area contributed by atoms with E-state index in [1.54, 1.807) is 13.3 Å². The molecule has 7 heteroatoms. The summed E-state index contributed by atoms with van der Waals surface area (Å²) in [4.78, 5) is 11.8. The minimum atomic E-state index is -0.121. The van der Waals surface area contributed by atoms with Gasteiger partial charge in [0.05, 0.1) is 23.9 Å². The monoisotopic (exact) mass is 260 g/mol. The quantitative estimate of drug-likeness (QED) is 0.711. The molecular weight excluding hydrogens is 244 g/mol. The van der Waals surface area contributed by atoms with Gasteiger partial charge in [-0.15, -0.1) is 12.4 Å². The van der Waals surface area contributed by atoms with E-state index in [4.69, 9.17) is 4.74 Å². The first-order valence-corrected chi connectivity index (χ1v) is 5.34. The zero-order valence-electron chi connectivity index (χ0n) is 9.60. The highest BCUT2D eigenvalue weighted by Crippen LogP contribution is 2.08. The molecule has 1 aliphatic rings. The molecule has 3 N–H and O–H groups in total. The average molecular weight is 261 g/mol. The van der Waals surface area contributed by atoms with Crippen LogP contribution in [0.1, 0.15) is 16.8 Å². The van der Waals surface area contributed by atoms with E-state index < -0.39 is 0 Å². The average Bonchev–Trinajstić information content (AvgIpc) is 2.83. The zero-order valence-corrected chi connectivity index (χ0v) is 10.4. The fraction of sp³-hybridized carbons (Fsp3) is 0.600. The number of nitrogens with zero attached hydrogens (tertiary/aromatic N) is 1. The Kier molecular flexibility index (Phi) is 5.40. The summed E-state index contributed by atoms with van der Waals surface area (Å²) < 4.78 is 5.34. The lowest BCUT2D eigenvalue weighted by molar-refractivity contribution is 0.0448. The van der Waals surface area contributed by atoms with Crippen molar-refractivity contribution in [3.8, 4) is 0 Å². The first kappa shape index (κ1) is 14.0. The van der Waals surface area contributed by atoms with Crippen molar-refractivity contribution in [1.29, 1.82) is 0 Å². The van der Waals surface area contributed by atoms with E-state index in [-0.39, 0.29) is 30.5 Å². The van der Waals surface area contributed by atoms with Crippen molar-refractivity contribution in [3.63, 3.8) is 0 Å². The molecule has 1 saturated heterocycles. The van der Waals surface area contributed by atoms with Crippen LogP contribution in [0.5, 0.6) is 0 Å². The van der Waals surface area contributed by atoms with Crippen molar-refractivity contribution in [1.82, 2.24) is 20.8 Å². The van der Waals surface area contributed by atoms with Gasteiger partial charge in [-0.05, 0) is 13.0 Å². The maximum atomic E-state index is 11.8. The highest BCUT2D eigenvalue weighted by molar-refractivity contribution is 5.93. The predicted molar refractivity (Wildman–Crippen MR) is 65.4 cm³/mol. The summed E-state index contributed by atoms with van der Waals surface area (Å²) >= 11 is 0. The largest absolute Gasteiger partial charge is 0.379 e. The highest BCUT2D eigenvalue weighted by Gasteiger charge is 2.26. The SMILES string of the molecule is CO[C@@H]1CCNC[C@@H]1NC(=O)c1cn[nH]c1.Cl. The first-order valence-electron chi connectivity index (χ1n) is 5.34. The zero-order chi connectivity index (χ0) is 11.4. The molecule has 17 heavy (non-hydrogen) atoms. The number of aromatic amines is 1. The molecule has 1 fully saturated rings. The van der Waals surface area contributed by atoms with Crippen LogP contribution in [-0.4, -0.2) is 48.4 Å². The number of piperidine rings is 1. The van der Waals surface area contributed by atoms with Gasteiger partial charge in [0.1, 0.15) is 0 Å². The molecule has 0 saturated carbocycles. The third-order valence-electron chi connectivity index (χ3n) is 2.80.